The van der Waals surface area contributed by atoms with E-state index in [-0.39, 0.29) is 30.4 Å². The topological polar surface area (TPSA) is 86.6 Å². The van der Waals surface area contributed by atoms with Gasteiger partial charge in [0, 0.05) is 61.9 Å². The van der Waals surface area contributed by atoms with Crippen molar-refractivity contribution < 1.29 is 36.6 Å². The zero-order chi connectivity index (χ0) is 33.4. The van der Waals surface area contributed by atoms with Gasteiger partial charge in [-0.15, -0.1) is 0 Å². The van der Waals surface area contributed by atoms with E-state index in [9.17, 15) is 27.9 Å². The van der Waals surface area contributed by atoms with Gasteiger partial charge in [-0.3, -0.25) is 14.6 Å². The van der Waals surface area contributed by atoms with Crippen LogP contribution in [0.1, 0.15) is 73.7 Å². The van der Waals surface area contributed by atoms with Crippen LogP contribution in [-0.4, -0.2) is 75.5 Å². The van der Waals surface area contributed by atoms with E-state index in [1.54, 1.807) is 53.8 Å². The SMILES string of the molecule is C[C@]12C[C@H](c3ccc(C(=O)N4CCN(c5cnccn5)CC4)cc3)C3=C4CCC(=O)C=C4CC[C@H]3[C@@H]1CC[C@@]2(O)C(F)(F)C(F)(F)F. The average Bonchev–Trinajstić information content (AvgIpc) is 3.35. The maximum atomic E-state index is 15.3. The first kappa shape index (κ1) is 31.9. The summed E-state index contributed by atoms with van der Waals surface area (Å²) in [6, 6.07) is 6.92. The molecule has 1 aromatic carbocycles. The highest BCUT2D eigenvalue weighted by atomic mass is 19.4. The first-order valence-corrected chi connectivity index (χ1v) is 16.3. The number of benzene rings is 1. The first-order valence-electron chi connectivity index (χ1n) is 16.3. The van der Waals surface area contributed by atoms with Gasteiger partial charge in [-0.2, -0.15) is 22.0 Å². The number of anilines is 1. The third-order valence-corrected chi connectivity index (χ3v) is 11.8. The van der Waals surface area contributed by atoms with Crippen LogP contribution >= 0.6 is 0 Å². The Morgan fingerprint density at radius 2 is 1.70 bits per heavy atom. The van der Waals surface area contributed by atoms with Gasteiger partial charge in [0.05, 0.1) is 6.20 Å². The molecular weight excluding hydrogens is 619 g/mol. The predicted molar refractivity (Wildman–Crippen MR) is 163 cm³/mol. The number of aromatic nitrogens is 2. The van der Waals surface area contributed by atoms with Crippen LogP contribution in [0.15, 0.2) is 65.7 Å². The lowest BCUT2D eigenvalue weighted by molar-refractivity contribution is -0.362. The van der Waals surface area contributed by atoms with Crippen molar-refractivity contribution in [3.63, 3.8) is 0 Å². The summed E-state index contributed by atoms with van der Waals surface area (Å²) in [7, 11) is 0. The second-order valence-corrected chi connectivity index (χ2v) is 13.9. The van der Waals surface area contributed by atoms with Crippen LogP contribution in [0.25, 0.3) is 0 Å². The highest BCUT2D eigenvalue weighted by molar-refractivity contribution is 5.94. The molecule has 0 bridgehead atoms. The molecule has 7 nitrogen and oxygen atoms in total. The lowest BCUT2D eigenvalue weighted by Gasteiger charge is -2.56. The molecule has 1 aromatic heterocycles. The van der Waals surface area contributed by atoms with Crippen LogP contribution in [0.4, 0.5) is 27.8 Å². The minimum Gasteiger partial charge on any atom is -0.383 e. The van der Waals surface area contributed by atoms with Crippen LogP contribution in [-0.2, 0) is 4.79 Å². The molecule has 1 N–H and O–H groups in total. The number of allylic oxidation sites excluding steroid dienone is 4. The molecule has 12 heteroatoms. The van der Waals surface area contributed by atoms with Crippen molar-refractivity contribution in [1.29, 1.82) is 0 Å². The molecule has 250 valence electrons. The van der Waals surface area contributed by atoms with E-state index in [0.717, 1.165) is 22.5 Å². The maximum Gasteiger partial charge on any atom is 0.456 e. The summed E-state index contributed by atoms with van der Waals surface area (Å²) in [5.41, 5.74) is -0.924. The quantitative estimate of drug-likeness (QED) is 0.391. The minimum atomic E-state index is -5.90. The number of fused-ring (bicyclic) bond motifs is 4. The molecule has 0 spiro atoms. The number of nitrogens with zero attached hydrogens (tertiary/aromatic N) is 4. The van der Waals surface area contributed by atoms with Crippen molar-refractivity contribution >= 4 is 17.5 Å². The Balaban J connectivity index is 1.21. The standard InChI is InChI=1S/C35H37F5N4O3/c1-32-19-27(21-2-4-22(5-3-21)31(46)44-16-14-43(15-17-44)29-20-41-12-13-42-29)30-25-9-7-24(45)18-23(25)6-8-26(30)28(32)10-11-33(32,47)34(36,37)35(38,39)40/h2-5,12-13,18,20,26-28,47H,6-11,14-17,19H2,1H3/t26-,27+,28-,32-,33-/m0/s1. The smallest absolute Gasteiger partial charge is 0.383 e. The predicted octanol–water partition coefficient (Wildman–Crippen LogP) is 6.27. The lowest BCUT2D eigenvalue weighted by atomic mass is 9.50. The molecule has 0 unspecified atom stereocenters. The van der Waals surface area contributed by atoms with Gasteiger partial charge < -0.3 is 14.9 Å². The Morgan fingerprint density at radius 3 is 2.36 bits per heavy atom. The Kier molecular flexibility index (Phi) is 7.61. The third-order valence-electron chi connectivity index (χ3n) is 11.8. The van der Waals surface area contributed by atoms with Gasteiger partial charge in [-0.05, 0) is 85.3 Å². The van der Waals surface area contributed by atoms with Crippen LogP contribution < -0.4 is 4.90 Å². The molecule has 2 saturated carbocycles. The van der Waals surface area contributed by atoms with E-state index in [1.807, 2.05) is 0 Å². The number of hydrogen-bond acceptors (Lipinski definition) is 6. The van der Waals surface area contributed by atoms with E-state index >= 15 is 8.78 Å². The van der Waals surface area contributed by atoms with E-state index in [0.29, 0.717) is 63.0 Å². The summed E-state index contributed by atoms with van der Waals surface area (Å²) in [6.45, 7) is 3.56. The molecule has 7 rings (SSSR count). The van der Waals surface area contributed by atoms with E-state index < -0.39 is 41.4 Å². The fraction of sp³-hybridized carbons (Fsp3) is 0.543. The number of alkyl halides is 5. The normalized spacial score (nSPS) is 31.3. The van der Waals surface area contributed by atoms with Crippen molar-refractivity contribution in [3.05, 3.63) is 76.8 Å². The van der Waals surface area contributed by atoms with Crippen molar-refractivity contribution in [2.45, 2.75) is 75.5 Å². The van der Waals surface area contributed by atoms with Crippen LogP contribution in [0.2, 0.25) is 0 Å². The fourth-order valence-corrected chi connectivity index (χ4v) is 9.35. The van der Waals surface area contributed by atoms with Crippen molar-refractivity contribution in [3.8, 4) is 0 Å². The van der Waals surface area contributed by atoms with Crippen LogP contribution in [0.5, 0.6) is 0 Å². The fourth-order valence-electron chi connectivity index (χ4n) is 9.35. The second-order valence-electron chi connectivity index (χ2n) is 13.9. The van der Waals surface area contributed by atoms with Crippen molar-refractivity contribution in [2.24, 2.45) is 17.3 Å². The number of halogens is 5. The van der Waals surface area contributed by atoms with Crippen molar-refractivity contribution in [2.75, 3.05) is 31.1 Å². The van der Waals surface area contributed by atoms with Gasteiger partial charge in [-0.1, -0.05) is 24.6 Å². The molecule has 2 heterocycles. The summed E-state index contributed by atoms with van der Waals surface area (Å²) in [4.78, 5) is 38.0. The number of carbonyl (C=O) groups is 2. The van der Waals surface area contributed by atoms with E-state index in [2.05, 4.69) is 14.9 Å². The summed E-state index contributed by atoms with van der Waals surface area (Å²) in [6.07, 6.45) is 1.83. The van der Waals surface area contributed by atoms with Gasteiger partial charge in [0.15, 0.2) is 5.78 Å². The molecule has 1 saturated heterocycles. The number of piperazine rings is 1. The molecule has 0 radical (unpaired) electrons. The molecule has 4 aliphatic carbocycles. The third kappa shape index (κ3) is 4.92. The Morgan fingerprint density at radius 1 is 0.979 bits per heavy atom. The first-order chi connectivity index (χ1) is 22.2. The Labute approximate surface area is 269 Å². The van der Waals surface area contributed by atoms with Gasteiger partial charge in [0.2, 0.25) is 0 Å². The van der Waals surface area contributed by atoms with E-state index in [4.69, 9.17) is 0 Å². The summed E-state index contributed by atoms with van der Waals surface area (Å²) in [5, 5.41) is 11.5. The molecule has 47 heavy (non-hydrogen) atoms. The van der Waals surface area contributed by atoms with Gasteiger partial charge in [0.25, 0.3) is 5.91 Å². The van der Waals surface area contributed by atoms with Gasteiger partial charge in [-0.25, -0.2) is 4.98 Å². The largest absolute Gasteiger partial charge is 0.456 e. The number of amides is 1. The highest BCUT2D eigenvalue weighted by Gasteiger charge is 2.79. The second kappa shape index (κ2) is 11.2. The molecule has 3 fully saturated rings. The average molecular weight is 657 g/mol. The highest BCUT2D eigenvalue weighted by Crippen LogP contribution is 2.70. The zero-order valence-electron chi connectivity index (χ0n) is 26.1. The molecule has 1 aliphatic heterocycles. The lowest BCUT2D eigenvalue weighted by Crippen LogP contribution is -2.65. The monoisotopic (exact) mass is 656 g/mol. The van der Waals surface area contributed by atoms with Gasteiger partial charge >= 0.3 is 12.1 Å². The summed E-state index contributed by atoms with van der Waals surface area (Å²) < 4.78 is 72.1. The van der Waals surface area contributed by atoms with Gasteiger partial charge in [0.1, 0.15) is 11.4 Å². The number of hydrogen-bond donors (Lipinski definition) is 1. The molecule has 2 aromatic rings. The maximum absolute atomic E-state index is 15.3. The number of ketones is 1. The molecule has 1 amide bonds. The molecule has 5 aliphatic rings. The number of rotatable bonds is 4. The number of carbonyl (C=O) groups excluding carboxylic acids is 2. The Hall–Kier alpha value is -3.67. The molecule has 5 atom stereocenters. The van der Waals surface area contributed by atoms with E-state index in [1.165, 1.54) is 6.92 Å². The van der Waals surface area contributed by atoms with Crippen molar-refractivity contribution in [1.82, 2.24) is 14.9 Å². The molecular formula is C35H37F5N4O3. The Bertz CT molecular complexity index is 1630. The van der Waals surface area contributed by atoms with Crippen LogP contribution in [0, 0.1) is 17.3 Å². The number of aliphatic hydroxyl groups is 1. The van der Waals surface area contributed by atoms with Crippen LogP contribution in [0.3, 0.4) is 0 Å². The minimum absolute atomic E-state index is 0.0282. The zero-order valence-corrected chi connectivity index (χ0v) is 26.1. The summed E-state index contributed by atoms with van der Waals surface area (Å²) >= 11 is 0. The summed E-state index contributed by atoms with van der Waals surface area (Å²) in [5.74, 6) is -6.10.